The van der Waals surface area contributed by atoms with Crippen molar-refractivity contribution in [2.45, 2.75) is 97.6 Å². The second kappa shape index (κ2) is 21.6. The number of carbonyl (C=O) groups excluding carboxylic acids is 3. The summed E-state index contributed by atoms with van der Waals surface area (Å²) in [6, 6.07) is 8.03. The summed E-state index contributed by atoms with van der Waals surface area (Å²) in [4.78, 5) is 61.2. The SMILES string of the molecule is CC(C)C[C@H]1C(=O)OCN1[C@@H](Cc1cncn1Cc1cc(Cl)cc(Cl)c1)C(=O)O.CCOC(=O)[C@H](Cc1cncn1Cc1cc(Cl)cc(Cl)c1)N1COC(=O)[C@@H]1CC(C)C. The van der Waals surface area contributed by atoms with Crippen molar-refractivity contribution >= 4 is 70.3 Å². The number of aromatic nitrogens is 4. The highest BCUT2D eigenvalue weighted by Gasteiger charge is 2.44. The molecule has 2 aliphatic rings. The summed E-state index contributed by atoms with van der Waals surface area (Å²) in [6.07, 6.45) is 8.36. The Kier molecular flexibility index (Phi) is 16.8. The van der Waals surface area contributed by atoms with Crippen LogP contribution < -0.4 is 0 Å². The number of carbonyl (C=O) groups is 4. The van der Waals surface area contributed by atoms with Crippen LogP contribution in [0, 0.1) is 11.8 Å². The van der Waals surface area contributed by atoms with Crippen LogP contribution in [-0.4, -0.2) is 102 Å². The average molecular weight is 909 g/mol. The lowest BCUT2D eigenvalue weighted by atomic mass is 10.0. The number of esters is 3. The lowest BCUT2D eigenvalue weighted by Crippen LogP contribution is -2.48. The smallest absolute Gasteiger partial charge is 0.324 e. The summed E-state index contributed by atoms with van der Waals surface area (Å²) in [5, 5.41) is 12.0. The Morgan fingerprint density at radius 3 is 1.50 bits per heavy atom. The first kappa shape index (κ1) is 46.9. The van der Waals surface area contributed by atoms with E-state index in [4.69, 9.17) is 60.6 Å². The fourth-order valence-electron chi connectivity index (χ4n) is 7.33. The molecule has 0 bridgehead atoms. The van der Waals surface area contributed by atoms with Gasteiger partial charge in [0.25, 0.3) is 0 Å². The molecule has 2 aromatic heterocycles. The average Bonchev–Trinajstić information content (AvgIpc) is 3.95. The summed E-state index contributed by atoms with van der Waals surface area (Å²) in [5.41, 5.74) is 3.36. The molecular weight excluding hydrogens is 858 g/mol. The van der Waals surface area contributed by atoms with Crippen LogP contribution >= 0.6 is 46.4 Å². The van der Waals surface area contributed by atoms with Gasteiger partial charge in [-0.2, -0.15) is 0 Å². The molecule has 6 rings (SSSR count). The molecular formula is C42H50Cl4N6O8. The van der Waals surface area contributed by atoms with Crippen LogP contribution in [0.4, 0.5) is 0 Å². The molecule has 0 amide bonds. The zero-order valence-corrected chi connectivity index (χ0v) is 37.1. The summed E-state index contributed by atoms with van der Waals surface area (Å²) < 4.78 is 19.6. The number of carboxylic acid groups (broad SMARTS) is 1. The number of cyclic esters (lactones) is 2. The number of carboxylic acids is 1. The second-order valence-electron chi connectivity index (χ2n) is 15.6. The van der Waals surface area contributed by atoms with Gasteiger partial charge in [-0.3, -0.25) is 19.2 Å². The molecule has 2 fully saturated rings. The van der Waals surface area contributed by atoms with Gasteiger partial charge < -0.3 is 28.5 Å². The minimum absolute atomic E-state index is 0.0226. The number of rotatable bonds is 17. The van der Waals surface area contributed by atoms with Gasteiger partial charge in [0, 0.05) is 69.8 Å². The number of halogens is 4. The lowest BCUT2D eigenvalue weighted by molar-refractivity contribution is -0.150. The second-order valence-corrected chi connectivity index (χ2v) is 17.4. The van der Waals surface area contributed by atoms with Crippen molar-refractivity contribution in [1.29, 1.82) is 0 Å². The fraction of sp³-hybridized carbons (Fsp3) is 0.476. The zero-order valence-electron chi connectivity index (χ0n) is 34.1. The van der Waals surface area contributed by atoms with E-state index >= 15 is 0 Å². The highest BCUT2D eigenvalue weighted by Crippen LogP contribution is 2.27. The van der Waals surface area contributed by atoms with Gasteiger partial charge in [0.15, 0.2) is 0 Å². The number of benzene rings is 2. The molecule has 0 saturated carbocycles. The Bertz CT molecular complexity index is 2090. The summed E-state index contributed by atoms with van der Waals surface area (Å²) in [5.74, 6) is -1.54. The van der Waals surface area contributed by atoms with Gasteiger partial charge in [0.1, 0.15) is 37.6 Å². The Labute approximate surface area is 369 Å². The maximum atomic E-state index is 12.9. The van der Waals surface area contributed by atoms with Crippen LogP contribution in [-0.2, 0) is 59.3 Å². The third-order valence-electron chi connectivity index (χ3n) is 10.0. The van der Waals surface area contributed by atoms with Crippen molar-refractivity contribution in [3.8, 4) is 0 Å². The molecule has 4 atom stereocenters. The largest absolute Gasteiger partial charge is 0.480 e. The summed E-state index contributed by atoms with van der Waals surface area (Å²) in [7, 11) is 0. The van der Waals surface area contributed by atoms with Gasteiger partial charge in [-0.1, -0.05) is 74.1 Å². The van der Waals surface area contributed by atoms with Crippen LogP contribution in [0.25, 0.3) is 0 Å². The molecule has 0 radical (unpaired) electrons. The standard InChI is InChI=1S/C22H27Cl2N3O4.C20H23Cl2N3O4/c1-4-30-21(28)20(27-13-31-22(29)19(27)5-14(2)3)9-18-10-25-12-26(18)11-15-6-16(23)8-17(24)7-15;1-12(2)3-18-20(28)29-11-25(18)17(19(26)27)7-16-8-23-10-24(16)9-13-4-14(21)6-15(22)5-13/h6-8,10,12,14,19-20H,4-5,9,11,13H2,1-3H3;4-6,8,10,12,17-18H,3,7,9,11H2,1-2H3,(H,26,27)/t19-,20-;17-,18-/m00/s1. The van der Waals surface area contributed by atoms with E-state index < -0.39 is 30.1 Å². The predicted molar refractivity (Wildman–Crippen MR) is 227 cm³/mol. The van der Waals surface area contributed by atoms with E-state index in [0.29, 0.717) is 52.4 Å². The van der Waals surface area contributed by atoms with Gasteiger partial charge in [0.05, 0.1) is 19.3 Å². The molecule has 1 N–H and O–H groups in total. The van der Waals surface area contributed by atoms with E-state index in [0.717, 1.165) is 22.5 Å². The van der Waals surface area contributed by atoms with Crippen molar-refractivity contribution in [2.75, 3.05) is 20.1 Å². The molecule has 0 aliphatic carbocycles. The number of imidazole rings is 2. The number of aliphatic carboxylic acids is 1. The number of ether oxygens (including phenoxy) is 3. The zero-order chi connectivity index (χ0) is 43.7. The topological polar surface area (TPSA) is 158 Å². The van der Waals surface area contributed by atoms with Crippen LogP contribution in [0.15, 0.2) is 61.4 Å². The van der Waals surface area contributed by atoms with Crippen molar-refractivity contribution in [3.05, 3.63) is 104 Å². The normalized spacial score (nSPS) is 18.0. The molecule has 324 valence electrons. The van der Waals surface area contributed by atoms with E-state index in [1.807, 2.05) is 49.0 Å². The Hall–Kier alpha value is -4.18. The van der Waals surface area contributed by atoms with Crippen LogP contribution in [0.1, 0.15) is 70.0 Å². The van der Waals surface area contributed by atoms with Gasteiger partial charge in [-0.05, 0) is 79.1 Å². The first-order valence-electron chi connectivity index (χ1n) is 19.6. The Balaban J connectivity index is 0.000000228. The number of hydrogen-bond acceptors (Lipinski definition) is 11. The molecule has 60 heavy (non-hydrogen) atoms. The molecule has 2 saturated heterocycles. The van der Waals surface area contributed by atoms with E-state index in [1.165, 1.54) is 0 Å². The highest BCUT2D eigenvalue weighted by atomic mass is 35.5. The van der Waals surface area contributed by atoms with Crippen molar-refractivity contribution in [3.63, 3.8) is 0 Å². The van der Waals surface area contributed by atoms with E-state index in [-0.39, 0.29) is 56.2 Å². The van der Waals surface area contributed by atoms with Crippen molar-refractivity contribution in [2.24, 2.45) is 11.8 Å². The quantitative estimate of drug-likeness (QED) is 0.0828. The van der Waals surface area contributed by atoms with Crippen LogP contribution in [0.3, 0.4) is 0 Å². The van der Waals surface area contributed by atoms with Gasteiger partial charge in [-0.25, -0.2) is 19.8 Å². The first-order valence-corrected chi connectivity index (χ1v) is 21.2. The van der Waals surface area contributed by atoms with Crippen LogP contribution in [0.5, 0.6) is 0 Å². The van der Waals surface area contributed by atoms with Gasteiger partial charge in [-0.15, -0.1) is 0 Å². The number of nitrogens with zero attached hydrogens (tertiary/aromatic N) is 6. The molecule has 0 spiro atoms. The van der Waals surface area contributed by atoms with Crippen molar-refractivity contribution < 1.29 is 38.5 Å². The van der Waals surface area contributed by atoms with Gasteiger partial charge in [0.2, 0.25) is 0 Å². The maximum absolute atomic E-state index is 12.9. The predicted octanol–water partition coefficient (Wildman–Crippen LogP) is 7.41. The van der Waals surface area contributed by atoms with Crippen LogP contribution in [0.2, 0.25) is 20.1 Å². The monoisotopic (exact) mass is 906 g/mol. The molecule has 2 aliphatic heterocycles. The molecule has 0 unspecified atom stereocenters. The van der Waals surface area contributed by atoms with Crippen molar-refractivity contribution in [1.82, 2.24) is 28.9 Å². The minimum Gasteiger partial charge on any atom is -0.480 e. The summed E-state index contributed by atoms with van der Waals surface area (Å²) in [6.45, 7) is 11.1. The van der Waals surface area contributed by atoms with E-state index in [9.17, 15) is 24.3 Å². The van der Waals surface area contributed by atoms with E-state index in [2.05, 4.69) is 9.97 Å². The molecule has 4 aromatic rings. The molecule has 2 aromatic carbocycles. The highest BCUT2D eigenvalue weighted by molar-refractivity contribution is 6.35. The third kappa shape index (κ3) is 12.7. The maximum Gasteiger partial charge on any atom is 0.324 e. The van der Waals surface area contributed by atoms with E-state index in [1.54, 1.807) is 66.0 Å². The Morgan fingerprint density at radius 2 is 1.12 bits per heavy atom. The Morgan fingerprint density at radius 1 is 0.717 bits per heavy atom. The lowest BCUT2D eigenvalue weighted by Gasteiger charge is -2.29. The summed E-state index contributed by atoms with van der Waals surface area (Å²) >= 11 is 24.4. The molecule has 18 heteroatoms. The third-order valence-corrected chi connectivity index (χ3v) is 10.9. The van der Waals surface area contributed by atoms with Gasteiger partial charge >= 0.3 is 23.9 Å². The molecule has 14 nitrogen and oxygen atoms in total. The number of hydrogen-bond donors (Lipinski definition) is 1. The first-order chi connectivity index (χ1) is 28.5. The fourth-order valence-corrected chi connectivity index (χ4v) is 8.47. The molecule has 4 heterocycles. The minimum atomic E-state index is -1.00.